The minimum Gasteiger partial charge on any atom is -0.398 e. The summed E-state index contributed by atoms with van der Waals surface area (Å²) in [6, 6.07) is 9.48. The largest absolute Gasteiger partial charge is 0.398 e. The molecule has 2 aromatic carbocycles. The van der Waals surface area contributed by atoms with Crippen LogP contribution < -0.4 is 5.73 Å². The molecule has 1 aromatic heterocycles. The third-order valence-corrected chi connectivity index (χ3v) is 4.22. The maximum atomic E-state index is 13.3. The van der Waals surface area contributed by atoms with Gasteiger partial charge in [-0.2, -0.15) is 0 Å². The van der Waals surface area contributed by atoms with E-state index in [4.69, 9.17) is 5.73 Å². The van der Waals surface area contributed by atoms with Gasteiger partial charge in [0.15, 0.2) is 11.6 Å². The monoisotopic (exact) mass is 302 g/mol. The summed E-state index contributed by atoms with van der Waals surface area (Å²) < 4.78 is 26.3. The van der Waals surface area contributed by atoms with Crippen LogP contribution in [0.2, 0.25) is 0 Å². The quantitative estimate of drug-likeness (QED) is 0.706. The fourth-order valence-corrected chi connectivity index (χ4v) is 3.06. The lowest BCUT2D eigenvalue weighted by atomic mass is 10.1. The van der Waals surface area contributed by atoms with Crippen molar-refractivity contribution in [1.29, 1.82) is 0 Å². The zero-order chi connectivity index (χ0) is 15.0. The number of halogens is 2. The van der Waals surface area contributed by atoms with Crippen molar-refractivity contribution < 1.29 is 8.78 Å². The van der Waals surface area contributed by atoms with Crippen LogP contribution in [0.25, 0.3) is 10.8 Å². The number of anilines is 1. The minimum absolute atomic E-state index is 0.634. The highest BCUT2D eigenvalue weighted by atomic mass is 32.2. The summed E-state index contributed by atoms with van der Waals surface area (Å²) in [6.07, 6.45) is 1.73. The average Bonchev–Trinajstić information content (AvgIpc) is 2.46. The van der Waals surface area contributed by atoms with Gasteiger partial charge in [-0.1, -0.05) is 11.8 Å². The summed E-state index contributed by atoms with van der Waals surface area (Å²) in [6.45, 7) is 1.90. The zero-order valence-electron chi connectivity index (χ0n) is 11.2. The van der Waals surface area contributed by atoms with E-state index in [0.29, 0.717) is 10.6 Å². The highest BCUT2D eigenvalue weighted by Crippen LogP contribution is 2.36. The number of nitrogens with zero attached hydrogens (tertiary/aromatic N) is 1. The van der Waals surface area contributed by atoms with E-state index in [0.717, 1.165) is 27.4 Å². The van der Waals surface area contributed by atoms with Crippen LogP contribution in [0.4, 0.5) is 14.5 Å². The molecule has 0 amide bonds. The molecule has 2 N–H and O–H groups in total. The molecule has 21 heavy (non-hydrogen) atoms. The number of nitrogen functional groups attached to an aromatic ring is 1. The van der Waals surface area contributed by atoms with Crippen LogP contribution in [-0.4, -0.2) is 4.98 Å². The fourth-order valence-electron chi connectivity index (χ4n) is 2.10. The number of pyridine rings is 1. The Labute approximate surface area is 125 Å². The molecular weight excluding hydrogens is 290 g/mol. The lowest BCUT2D eigenvalue weighted by Crippen LogP contribution is -1.91. The molecule has 0 aliphatic rings. The second kappa shape index (κ2) is 5.33. The van der Waals surface area contributed by atoms with Gasteiger partial charge >= 0.3 is 0 Å². The Balaban J connectivity index is 2.10. The summed E-state index contributed by atoms with van der Waals surface area (Å²) >= 11 is 1.37. The molecule has 0 atom stereocenters. The minimum atomic E-state index is -0.849. The summed E-state index contributed by atoms with van der Waals surface area (Å²) in [5.41, 5.74) is 7.47. The van der Waals surface area contributed by atoms with Crippen LogP contribution in [0.15, 0.2) is 52.4 Å². The van der Waals surface area contributed by atoms with Crippen LogP contribution in [-0.2, 0) is 0 Å². The van der Waals surface area contributed by atoms with E-state index >= 15 is 0 Å². The van der Waals surface area contributed by atoms with E-state index in [9.17, 15) is 8.78 Å². The molecule has 0 unspecified atom stereocenters. The first-order valence-electron chi connectivity index (χ1n) is 6.32. The van der Waals surface area contributed by atoms with Gasteiger partial charge in [0.1, 0.15) is 0 Å². The van der Waals surface area contributed by atoms with Gasteiger partial charge in [-0.25, -0.2) is 8.78 Å². The van der Waals surface area contributed by atoms with Gasteiger partial charge in [0.05, 0.1) is 0 Å². The van der Waals surface area contributed by atoms with Crippen molar-refractivity contribution >= 4 is 28.2 Å². The maximum Gasteiger partial charge on any atom is 0.159 e. The molecular formula is C16H12F2N2S. The van der Waals surface area contributed by atoms with Gasteiger partial charge < -0.3 is 5.73 Å². The predicted octanol–water partition coefficient (Wildman–Crippen LogP) is 4.55. The van der Waals surface area contributed by atoms with Crippen molar-refractivity contribution in [3.05, 3.63) is 59.9 Å². The van der Waals surface area contributed by atoms with E-state index in [2.05, 4.69) is 4.98 Å². The van der Waals surface area contributed by atoms with Crippen LogP contribution >= 0.6 is 11.8 Å². The first-order chi connectivity index (χ1) is 10.0. The number of nitrogens with two attached hydrogens (primary N) is 1. The lowest BCUT2D eigenvalue weighted by molar-refractivity contribution is 0.506. The van der Waals surface area contributed by atoms with Crippen molar-refractivity contribution in [1.82, 2.24) is 4.98 Å². The molecule has 1 heterocycles. The number of hydrogen-bond donors (Lipinski definition) is 1. The van der Waals surface area contributed by atoms with Gasteiger partial charge in [-0.3, -0.25) is 4.98 Å². The molecule has 0 saturated heterocycles. The van der Waals surface area contributed by atoms with Gasteiger partial charge in [-0.15, -0.1) is 0 Å². The summed E-state index contributed by atoms with van der Waals surface area (Å²) in [4.78, 5) is 5.80. The van der Waals surface area contributed by atoms with E-state index < -0.39 is 11.6 Å². The molecule has 0 spiro atoms. The van der Waals surface area contributed by atoms with Gasteiger partial charge in [0.2, 0.25) is 0 Å². The second-order valence-electron chi connectivity index (χ2n) is 4.70. The lowest BCUT2D eigenvalue weighted by Gasteiger charge is -2.09. The number of aromatic nitrogens is 1. The smallest absolute Gasteiger partial charge is 0.159 e. The Morgan fingerprint density at radius 3 is 2.57 bits per heavy atom. The average molecular weight is 302 g/mol. The molecule has 3 rings (SSSR count). The second-order valence-corrected chi connectivity index (χ2v) is 5.82. The first kappa shape index (κ1) is 13.8. The number of fused-ring (bicyclic) bond motifs is 1. The highest BCUT2D eigenvalue weighted by Gasteiger charge is 2.09. The van der Waals surface area contributed by atoms with Crippen LogP contribution in [0.5, 0.6) is 0 Å². The normalized spacial score (nSPS) is 11.0. The predicted molar refractivity (Wildman–Crippen MR) is 81.4 cm³/mol. The molecule has 2 nitrogen and oxygen atoms in total. The maximum absolute atomic E-state index is 13.3. The topological polar surface area (TPSA) is 38.9 Å². The van der Waals surface area contributed by atoms with E-state index in [1.807, 2.05) is 19.1 Å². The Morgan fingerprint density at radius 2 is 1.81 bits per heavy atom. The van der Waals surface area contributed by atoms with Crippen molar-refractivity contribution in [2.75, 3.05) is 5.73 Å². The van der Waals surface area contributed by atoms with Crippen LogP contribution in [0.1, 0.15) is 5.69 Å². The van der Waals surface area contributed by atoms with Crippen molar-refractivity contribution in [2.45, 2.75) is 16.7 Å². The van der Waals surface area contributed by atoms with E-state index in [1.54, 1.807) is 18.3 Å². The van der Waals surface area contributed by atoms with E-state index in [-0.39, 0.29) is 0 Å². The summed E-state index contributed by atoms with van der Waals surface area (Å²) in [5, 5.41) is 1.81. The summed E-state index contributed by atoms with van der Waals surface area (Å²) in [5.74, 6) is -1.70. The number of hydrogen-bond acceptors (Lipinski definition) is 3. The van der Waals surface area contributed by atoms with Crippen molar-refractivity contribution in [3.8, 4) is 0 Å². The number of rotatable bonds is 2. The molecule has 106 valence electrons. The summed E-state index contributed by atoms with van der Waals surface area (Å²) in [7, 11) is 0. The molecule has 5 heteroatoms. The molecule has 0 fully saturated rings. The van der Waals surface area contributed by atoms with Crippen LogP contribution in [0, 0.1) is 18.6 Å². The Kier molecular flexibility index (Phi) is 3.51. The molecule has 0 radical (unpaired) electrons. The molecule has 0 aliphatic heterocycles. The molecule has 3 aromatic rings. The molecule has 0 bridgehead atoms. The van der Waals surface area contributed by atoms with Crippen molar-refractivity contribution in [3.63, 3.8) is 0 Å². The Hall–Kier alpha value is -2.14. The SMILES string of the molecule is Cc1cc2c(Sc3ccc(F)c(F)c3)ccc(N)c2cn1. The van der Waals surface area contributed by atoms with Gasteiger partial charge in [0, 0.05) is 38.1 Å². The van der Waals surface area contributed by atoms with Crippen LogP contribution in [0.3, 0.4) is 0 Å². The van der Waals surface area contributed by atoms with Gasteiger partial charge in [-0.05, 0) is 43.3 Å². The zero-order valence-corrected chi connectivity index (χ0v) is 12.0. The third kappa shape index (κ3) is 2.69. The fraction of sp³-hybridized carbons (Fsp3) is 0.0625. The third-order valence-electron chi connectivity index (χ3n) is 3.15. The molecule has 0 saturated carbocycles. The number of benzene rings is 2. The first-order valence-corrected chi connectivity index (χ1v) is 7.14. The number of aryl methyl sites for hydroxylation is 1. The van der Waals surface area contributed by atoms with Gasteiger partial charge in [0.25, 0.3) is 0 Å². The molecule has 0 aliphatic carbocycles. The Morgan fingerprint density at radius 1 is 1.00 bits per heavy atom. The van der Waals surface area contributed by atoms with E-state index in [1.165, 1.54) is 17.8 Å². The standard InChI is InChI=1S/C16H12F2N2S/c1-9-6-11-12(8-20-9)15(19)4-5-16(11)21-10-2-3-13(17)14(18)7-10/h2-8H,19H2,1H3. The highest BCUT2D eigenvalue weighted by molar-refractivity contribution is 7.99. The Bertz CT molecular complexity index is 834. The van der Waals surface area contributed by atoms with Crippen molar-refractivity contribution in [2.24, 2.45) is 0 Å².